The molecule has 0 saturated carbocycles. The second-order valence-corrected chi connectivity index (χ2v) is 5.78. The molecule has 0 aliphatic carbocycles. The Hall–Kier alpha value is -3.45. The molecule has 0 saturated heterocycles. The Kier molecular flexibility index (Phi) is 4.55. The molecule has 2 N–H and O–H groups in total. The van der Waals surface area contributed by atoms with Crippen LogP contribution in [-0.4, -0.2) is 26.5 Å². The lowest BCUT2D eigenvalue weighted by molar-refractivity contribution is 0.0981. The molecule has 0 bridgehead atoms. The first-order chi connectivity index (χ1) is 12.4. The van der Waals surface area contributed by atoms with Crippen LogP contribution in [0, 0.1) is 4.91 Å². The number of hydrogen-bond donors (Lipinski definition) is 2. The number of carbonyl (C=O) groups is 2. The molecule has 8 heteroatoms. The maximum atomic E-state index is 12.7. The second-order valence-electron chi connectivity index (χ2n) is 5.35. The SMILES string of the molecule is O=NC(=O)c1ccc(Cl)cc1C(=O)c1ccc(-n2c(O)ccc2O)cc1. The Bertz CT molecular complexity index is 1010. The van der Waals surface area contributed by atoms with Crippen LogP contribution < -0.4 is 0 Å². The van der Waals surface area contributed by atoms with Crippen LogP contribution in [0.1, 0.15) is 26.3 Å². The number of nitroso groups, excluding NO2 is 1. The van der Waals surface area contributed by atoms with E-state index in [2.05, 4.69) is 5.18 Å². The molecule has 0 fully saturated rings. The van der Waals surface area contributed by atoms with Crippen LogP contribution in [0.2, 0.25) is 5.02 Å². The molecule has 3 rings (SSSR count). The number of halogens is 1. The van der Waals surface area contributed by atoms with Crippen molar-refractivity contribution in [3.05, 3.63) is 81.2 Å². The van der Waals surface area contributed by atoms with Gasteiger partial charge in [0.15, 0.2) is 17.5 Å². The van der Waals surface area contributed by atoms with Gasteiger partial charge in [-0.05, 0) is 42.5 Å². The average molecular weight is 371 g/mol. The lowest BCUT2D eigenvalue weighted by atomic mass is 9.98. The van der Waals surface area contributed by atoms with Crippen molar-refractivity contribution in [3.8, 4) is 17.4 Å². The quantitative estimate of drug-likeness (QED) is 0.537. The van der Waals surface area contributed by atoms with Crippen molar-refractivity contribution in [1.82, 2.24) is 4.57 Å². The van der Waals surface area contributed by atoms with Gasteiger partial charge in [-0.25, -0.2) is 0 Å². The van der Waals surface area contributed by atoms with Crippen LogP contribution in [0.25, 0.3) is 5.69 Å². The summed E-state index contributed by atoms with van der Waals surface area (Å²) in [4.78, 5) is 34.9. The van der Waals surface area contributed by atoms with E-state index in [-0.39, 0.29) is 33.5 Å². The predicted molar refractivity (Wildman–Crippen MR) is 94.1 cm³/mol. The number of rotatable bonds is 4. The monoisotopic (exact) mass is 370 g/mol. The molecule has 1 aromatic heterocycles. The highest BCUT2D eigenvalue weighted by molar-refractivity contribution is 6.31. The Morgan fingerprint density at radius 1 is 0.885 bits per heavy atom. The molecule has 7 nitrogen and oxygen atoms in total. The maximum absolute atomic E-state index is 12.7. The summed E-state index contributed by atoms with van der Waals surface area (Å²) < 4.78 is 1.18. The topological polar surface area (TPSA) is 109 Å². The molecule has 2 aromatic carbocycles. The normalized spacial score (nSPS) is 10.5. The van der Waals surface area contributed by atoms with Gasteiger partial charge in [-0.15, -0.1) is 4.91 Å². The highest BCUT2D eigenvalue weighted by Gasteiger charge is 2.20. The first kappa shape index (κ1) is 17.4. The molecule has 1 amide bonds. The highest BCUT2D eigenvalue weighted by Crippen LogP contribution is 2.27. The lowest BCUT2D eigenvalue weighted by Gasteiger charge is -2.09. The van der Waals surface area contributed by atoms with Crippen LogP contribution in [0.4, 0.5) is 0 Å². The van der Waals surface area contributed by atoms with Crippen LogP contribution in [0.3, 0.4) is 0 Å². The molecule has 0 radical (unpaired) electrons. The Morgan fingerprint density at radius 3 is 2.08 bits per heavy atom. The summed E-state index contributed by atoms with van der Waals surface area (Å²) in [7, 11) is 0. The zero-order valence-corrected chi connectivity index (χ0v) is 13.8. The van der Waals surface area contributed by atoms with Crippen molar-refractivity contribution >= 4 is 23.3 Å². The zero-order valence-electron chi connectivity index (χ0n) is 13.1. The molecule has 3 aromatic rings. The molecule has 0 unspecified atom stereocenters. The zero-order chi connectivity index (χ0) is 18.8. The number of hydrogen-bond acceptors (Lipinski definition) is 5. The summed E-state index contributed by atoms with van der Waals surface area (Å²) in [6.07, 6.45) is 0. The van der Waals surface area contributed by atoms with Crippen LogP contribution >= 0.6 is 11.6 Å². The van der Waals surface area contributed by atoms with E-state index in [9.17, 15) is 24.7 Å². The maximum Gasteiger partial charge on any atom is 0.317 e. The number of benzene rings is 2. The van der Waals surface area contributed by atoms with Crippen molar-refractivity contribution in [2.75, 3.05) is 0 Å². The number of aromatic hydroxyl groups is 2. The summed E-state index contributed by atoms with van der Waals surface area (Å²) in [5.74, 6) is -1.92. The molecular weight excluding hydrogens is 360 g/mol. The molecule has 0 atom stereocenters. The summed E-state index contributed by atoms with van der Waals surface area (Å²) in [5.41, 5.74) is 0.473. The van der Waals surface area contributed by atoms with E-state index in [4.69, 9.17) is 11.6 Å². The van der Waals surface area contributed by atoms with Gasteiger partial charge in [0.1, 0.15) is 0 Å². The second kappa shape index (κ2) is 6.81. The van der Waals surface area contributed by atoms with E-state index >= 15 is 0 Å². The van der Waals surface area contributed by atoms with E-state index in [1.165, 1.54) is 59.2 Å². The first-order valence-electron chi connectivity index (χ1n) is 7.34. The number of amides is 1. The third-order valence-electron chi connectivity index (χ3n) is 3.77. The molecular formula is C18H11ClN2O5. The van der Waals surface area contributed by atoms with Crippen molar-refractivity contribution < 1.29 is 19.8 Å². The number of aromatic nitrogens is 1. The van der Waals surface area contributed by atoms with Gasteiger partial charge in [0, 0.05) is 33.5 Å². The van der Waals surface area contributed by atoms with Crippen molar-refractivity contribution in [1.29, 1.82) is 0 Å². The summed E-state index contributed by atoms with van der Waals surface area (Å²) >= 11 is 5.89. The number of ketones is 1. The predicted octanol–water partition coefficient (Wildman–Crippen LogP) is 3.68. The largest absolute Gasteiger partial charge is 0.494 e. The summed E-state index contributed by atoms with van der Waals surface area (Å²) in [6, 6.07) is 12.5. The molecule has 0 spiro atoms. The van der Waals surface area contributed by atoms with Crippen LogP contribution in [0.15, 0.2) is 59.8 Å². The molecule has 0 aliphatic heterocycles. The van der Waals surface area contributed by atoms with Gasteiger partial charge in [-0.2, -0.15) is 0 Å². The van der Waals surface area contributed by atoms with Gasteiger partial charge in [0.25, 0.3) is 0 Å². The minimum absolute atomic E-state index is 0.0403. The van der Waals surface area contributed by atoms with Crippen molar-refractivity contribution in [2.24, 2.45) is 5.18 Å². The van der Waals surface area contributed by atoms with Gasteiger partial charge in [0.2, 0.25) is 0 Å². The van der Waals surface area contributed by atoms with Crippen LogP contribution in [0.5, 0.6) is 11.8 Å². The molecule has 0 aliphatic rings. The molecule has 26 heavy (non-hydrogen) atoms. The van der Waals surface area contributed by atoms with Crippen molar-refractivity contribution in [2.45, 2.75) is 0 Å². The van der Waals surface area contributed by atoms with E-state index < -0.39 is 11.7 Å². The average Bonchev–Trinajstić information content (AvgIpc) is 2.99. The van der Waals surface area contributed by atoms with E-state index in [1.807, 2.05) is 0 Å². The smallest absolute Gasteiger partial charge is 0.317 e. The van der Waals surface area contributed by atoms with Crippen LogP contribution in [-0.2, 0) is 0 Å². The molecule has 130 valence electrons. The van der Waals surface area contributed by atoms with Crippen molar-refractivity contribution in [3.63, 3.8) is 0 Å². The Labute approximate surface area is 152 Å². The third kappa shape index (κ3) is 3.07. The van der Waals surface area contributed by atoms with Gasteiger partial charge in [0.05, 0.1) is 11.3 Å². The fraction of sp³-hybridized carbons (Fsp3) is 0. The lowest BCUT2D eigenvalue weighted by Crippen LogP contribution is -2.09. The van der Waals surface area contributed by atoms with E-state index in [0.29, 0.717) is 5.69 Å². The Balaban J connectivity index is 2.01. The fourth-order valence-corrected chi connectivity index (χ4v) is 2.71. The highest BCUT2D eigenvalue weighted by atomic mass is 35.5. The van der Waals surface area contributed by atoms with E-state index in [0.717, 1.165) is 0 Å². The number of carbonyl (C=O) groups excluding carboxylic acids is 2. The summed E-state index contributed by atoms with van der Waals surface area (Å²) in [6.45, 7) is 0. The van der Waals surface area contributed by atoms with Gasteiger partial charge in [-0.1, -0.05) is 11.6 Å². The summed E-state index contributed by atoms with van der Waals surface area (Å²) in [5, 5.41) is 22.1. The molecule has 1 heterocycles. The minimum Gasteiger partial charge on any atom is -0.494 e. The third-order valence-corrected chi connectivity index (χ3v) is 4.00. The van der Waals surface area contributed by atoms with Gasteiger partial charge in [-0.3, -0.25) is 14.2 Å². The Morgan fingerprint density at radius 2 is 1.50 bits per heavy atom. The number of nitrogens with zero attached hydrogens (tertiary/aromatic N) is 2. The standard InChI is InChI=1S/C18H11ClN2O5/c19-11-3-6-13(18(25)20-26)14(9-11)17(24)10-1-4-12(5-2-10)21-15(22)7-8-16(21)23/h1-9,22-23H. The first-order valence-corrected chi connectivity index (χ1v) is 7.72. The fourth-order valence-electron chi connectivity index (χ4n) is 2.54. The van der Waals surface area contributed by atoms with Gasteiger partial charge >= 0.3 is 5.91 Å². The van der Waals surface area contributed by atoms with Gasteiger partial charge < -0.3 is 10.2 Å². The minimum atomic E-state index is -1.07. The van der Waals surface area contributed by atoms with E-state index in [1.54, 1.807) is 0 Å².